The zero-order valence-electron chi connectivity index (χ0n) is 11.6. The van der Waals surface area contributed by atoms with Crippen LogP contribution in [0, 0.1) is 0 Å². The number of hydrogen-bond donors (Lipinski definition) is 0. The summed E-state index contributed by atoms with van der Waals surface area (Å²) in [5, 5.41) is 0. The first-order valence-electron chi connectivity index (χ1n) is 6.17. The van der Waals surface area contributed by atoms with E-state index in [4.69, 9.17) is 0 Å². The Morgan fingerprint density at radius 2 is 2.10 bits per heavy atom. The summed E-state index contributed by atoms with van der Waals surface area (Å²) >= 11 is 0. The van der Waals surface area contributed by atoms with Gasteiger partial charge in [-0.15, -0.1) is 0 Å². The Labute approximate surface area is 119 Å². The quantitative estimate of drug-likeness (QED) is 0.873. The van der Waals surface area contributed by atoms with Gasteiger partial charge in [-0.1, -0.05) is 0 Å². The zero-order valence-corrected chi connectivity index (χ0v) is 11.6. The standard InChI is InChI=1S/C14H14F3N3O/c1-19-7-3-4-10(19)9-20(2)13(21)11-5-6-18-8-12(11)14(15,16)17/h3-8H,9H2,1-2H3. The Morgan fingerprint density at radius 1 is 1.38 bits per heavy atom. The second kappa shape index (κ2) is 5.59. The monoisotopic (exact) mass is 297 g/mol. The molecule has 0 aliphatic rings. The van der Waals surface area contributed by atoms with Crippen molar-refractivity contribution < 1.29 is 18.0 Å². The molecule has 4 nitrogen and oxygen atoms in total. The number of aromatic nitrogens is 2. The number of halogens is 3. The summed E-state index contributed by atoms with van der Waals surface area (Å²) in [4.78, 5) is 16.9. The first-order chi connectivity index (χ1) is 9.80. The van der Waals surface area contributed by atoms with Gasteiger partial charge in [-0.25, -0.2) is 0 Å². The molecule has 0 fully saturated rings. The number of rotatable bonds is 3. The number of aryl methyl sites for hydroxylation is 1. The third-order valence-electron chi connectivity index (χ3n) is 3.15. The largest absolute Gasteiger partial charge is 0.418 e. The highest BCUT2D eigenvalue weighted by molar-refractivity contribution is 5.95. The van der Waals surface area contributed by atoms with Crippen LogP contribution in [0.3, 0.4) is 0 Å². The van der Waals surface area contributed by atoms with Crippen LogP contribution in [0.4, 0.5) is 13.2 Å². The molecule has 0 atom stereocenters. The van der Waals surface area contributed by atoms with Crippen LogP contribution in [-0.2, 0) is 19.8 Å². The lowest BCUT2D eigenvalue weighted by atomic mass is 10.1. The summed E-state index contributed by atoms with van der Waals surface area (Å²) in [7, 11) is 3.27. The molecule has 21 heavy (non-hydrogen) atoms. The molecule has 0 radical (unpaired) electrons. The number of amides is 1. The van der Waals surface area contributed by atoms with Gasteiger partial charge in [0.25, 0.3) is 5.91 Å². The molecule has 0 saturated heterocycles. The number of pyridine rings is 1. The molecule has 112 valence electrons. The van der Waals surface area contributed by atoms with Crippen molar-refractivity contribution in [2.75, 3.05) is 7.05 Å². The molecule has 0 aromatic carbocycles. The van der Waals surface area contributed by atoms with Gasteiger partial charge in [-0.05, 0) is 18.2 Å². The summed E-state index contributed by atoms with van der Waals surface area (Å²) in [6, 6.07) is 4.70. The lowest BCUT2D eigenvalue weighted by Crippen LogP contribution is -2.29. The van der Waals surface area contributed by atoms with Gasteiger partial charge in [-0.3, -0.25) is 9.78 Å². The molecule has 0 aliphatic heterocycles. The van der Waals surface area contributed by atoms with Gasteiger partial charge in [0.05, 0.1) is 17.7 Å². The lowest BCUT2D eigenvalue weighted by molar-refractivity contribution is -0.138. The zero-order chi connectivity index (χ0) is 15.6. The molecule has 0 unspecified atom stereocenters. The van der Waals surface area contributed by atoms with Crippen molar-refractivity contribution in [1.82, 2.24) is 14.5 Å². The van der Waals surface area contributed by atoms with Crippen LogP contribution in [-0.4, -0.2) is 27.4 Å². The minimum absolute atomic E-state index is 0.224. The molecule has 0 aliphatic carbocycles. The maximum Gasteiger partial charge on any atom is 0.418 e. The number of nitrogens with zero attached hydrogens (tertiary/aromatic N) is 3. The second-order valence-corrected chi connectivity index (χ2v) is 4.69. The third-order valence-corrected chi connectivity index (χ3v) is 3.15. The molecular formula is C14H14F3N3O. The van der Waals surface area contributed by atoms with Crippen molar-refractivity contribution >= 4 is 5.91 Å². The summed E-state index contributed by atoms with van der Waals surface area (Å²) in [6.45, 7) is 0.224. The van der Waals surface area contributed by atoms with E-state index in [1.807, 2.05) is 0 Å². The molecule has 0 N–H and O–H groups in total. The molecule has 0 saturated carbocycles. The van der Waals surface area contributed by atoms with E-state index in [-0.39, 0.29) is 6.54 Å². The first kappa shape index (κ1) is 15.1. The summed E-state index contributed by atoms with van der Waals surface area (Å²) < 4.78 is 40.5. The minimum Gasteiger partial charge on any atom is -0.353 e. The number of carbonyl (C=O) groups is 1. The van der Waals surface area contributed by atoms with Crippen molar-refractivity contribution in [2.24, 2.45) is 7.05 Å². The van der Waals surface area contributed by atoms with E-state index in [1.165, 1.54) is 18.1 Å². The number of hydrogen-bond acceptors (Lipinski definition) is 2. The first-order valence-corrected chi connectivity index (χ1v) is 6.17. The number of carbonyl (C=O) groups excluding carboxylic acids is 1. The highest BCUT2D eigenvalue weighted by Gasteiger charge is 2.36. The fraction of sp³-hybridized carbons (Fsp3) is 0.286. The van der Waals surface area contributed by atoms with Crippen molar-refractivity contribution in [1.29, 1.82) is 0 Å². The fourth-order valence-electron chi connectivity index (χ4n) is 1.99. The molecule has 1 amide bonds. The highest BCUT2D eigenvalue weighted by Crippen LogP contribution is 2.31. The second-order valence-electron chi connectivity index (χ2n) is 4.69. The molecule has 2 rings (SSSR count). The SMILES string of the molecule is CN(Cc1cccn1C)C(=O)c1ccncc1C(F)(F)F. The minimum atomic E-state index is -4.61. The van der Waals surface area contributed by atoms with Crippen molar-refractivity contribution in [3.63, 3.8) is 0 Å². The molecule has 0 spiro atoms. The summed E-state index contributed by atoms with van der Waals surface area (Å²) in [5.74, 6) is -0.689. The Morgan fingerprint density at radius 3 is 2.67 bits per heavy atom. The molecule has 2 heterocycles. The molecule has 2 aromatic heterocycles. The molecular weight excluding hydrogens is 283 g/mol. The van der Waals surface area contributed by atoms with E-state index in [2.05, 4.69) is 4.98 Å². The van der Waals surface area contributed by atoms with E-state index < -0.39 is 23.2 Å². The van der Waals surface area contributed by atoms with Crippen LogP contribution in [0.15, 0.2) is 36.8 Å². The predicted molar refractivity (Wildman–Crippen MR) is 70.4 cm³/mol. The predicted octanol–water partition coefficient (Wildman–Crippen LogP) is 2.71. The molecule has 2 aromatic rings. The van der Waals surface area contributed by atoms with Gasteiger partial charge in [0.2, 0.25) is 0 Å². The van der Waals surface area contributed by atoms with E-state index in [1.54, 1.807) is 29.9 Å². The Balaban J connectivity index is 2.26. The Kier molecular flexibility index (Phi) is 4.02. The van der Waals surface area contributed by atoms with Crippen LogP contribution in [0.5, 0.6) is 0 Å². The van der Waals surface area contributed by atoms with Crippen molar-refractivity contribution in [3.05, 3.63) is 53.6 Å². The molecule has 7 heteroatoms. The average molecular weight is 297 g/mol. The van der Waals surface area contributed by atoms with Crippen LogP contribution in [0.25, 0.3) is 0 Å². The van der Waals surface area contributed by atoms with Gasteiger partial charge in [0.1, 0.15) is 0 Å². The number of alkyl halides is 3. The van der Waals surface area contributed by atoms with Crippen LogP contribution >= 0.6 is 0 Å². The highest BCUT2D eigenvalue weighted by atomic mass is 19.4. The van der Waals surface area contributed by atoms with Gasteiger partial charge in [-0.2, -0.15) is 13.2 Å². The van der Waals surface area contributed by atoms with Crippen LogP contribution in [0.2, 0.25) is 0 Å². The third kappa shape index (κ3) is 3.24. The maximum atomic E-state index is 12.9. The van der Waals surface area contributed by atoms with E-state index >= 15 is 0 Å². The van der Waals surface area contributed by atoms with Gasteiger partial charge < -0.3 is 9.47 Å². The fourth-order valence-corrected chi connectivity index (χ4v) is 1.99. The smallest absolute Gasteiger partial charge is 0.353 e. The maximum absolute atomic E-state index is 12.9. The van der Waals surface area contributed by atoms with Gasteiger partial charge >= 0.3 is 6.18 Å². The van der Waals surface area contributed by atoms with Gasteiger partial charge in [0, 0.05) is 38.4 Å². The average Bonchev–Trinajstić information content (AvgIpc) is 2.82. The Bertz CT molecular complexity index is 649. The van der Waals surface area contributed by atoms with Crippen molar-refractivity contribution in [2.45, 2.75) is 12.7 Å². The van der Waals surface area contributed by atoms with Crippen LogP contribution < -0.4 is 0 Å². The van der Waals surface area contributed by atoms with Crippen molar-refractivity contribution in [3.8, 4) is 0 Å². The van der Waals surface area contributed by atoms with Crippen LogP contribution in [0.1, 0.15) is 21.6 Å². The van der Waals surface area contributed by atoms with Gasteiger partial charge in [0.15, 0.2) is 0 Å². The molecule has 0 bridgehead atoms. The topological polar surface area (TPSA) is 38.1 Å². The van der Waals surface area contributed by atoms with E-state index in [9.17, 15) is 18.0 Å². The normalized spacial score (nSPS) is 11.5. The summed E-state index contributed by atoms with van der Waals surface area (Å²) in [5.41, 5.74) is -0.587. The lowest BCUT2D eigenvalue weighted by Gasteiger charge is -2.20. The Hall–Kier alpha value is -2.31. The van der Waals surface area contributed by atoms with E-state index in [0.29, 0.717) is 6.20 Å². The van der Waals surface area contributed by atoms with E-state index in [0.717, 1.165) is 11.8 Å². The summed E-state index contributed by atoms with van der Waals surface area (Å²) in [6.07, 6.45) is -0.950.